The first-order chi connectivity index (χ1) is 11.9. The topological polar surface area (TPSA) is 75.7 Å². The number of urea groups is 1. The molecule has 1 atom stereocenters. The largest absolute Gasteiger partial charge is 0.496 e. The third-order valence-corrected chi connectivity index (χ3v) is 5.26. The Bertz CT molecular complexity index is 847. The van der Waals surface area contributed by atoms with Crippen LogP contribution in [0.4, 0.5) is 4.79 Å². The molecule has 0 aliphatic carbocycles. The van der Waals surface area contributed by atoms with Gasteiger partial charge in [0, 0.05) is 0 Å². The predicted octanol–water partition coefficient (Wildman–Crippen LogP) is 2.72. The minimum absolute atomic E-state index is 0.256. The first-order valence-electron chi connectivity index (χ1n) is 7.72. The number of nitrogens with zero attached hydrogens (tertiary/aromatic N) is 1. The van der Waals surface area contributed by atoms with Crippen molar-refractivity contribution in [2.75, 3.05) is 13.7 Å². The second-order valence-electron chi connectivity index (χ2n) is 6.03. The summed E-state index contributed by atoms with van der Waals surface area (Å²) in [6, 6.07) is 8.18. The van der Waals surface area contributed by atoms with E-state index in [0.717, 1.165) is 10.5 Å². The van der Waals surface area contributed by atoms with Crippen LogP contribution in [0, 0.1) is 6.92 Å². The highest BCUT2D eigenvalue weighted by atomic mass is 32.1. The quantitative estimate of drug-likeness (QED) is 0.659. The molecular weight excluding hydrogens is 340 g/mol. The molecule has 1 saturated heterocycles. The molecule has 0 saturated carbocycles. The summed E-state index contributed by atoms with van der Waals surface area (Å²) in [6.07, 6.45) is 0. The molecule has 7 heteroatoms. The number of methoxy groups -OCH3 is 1. The fourth-order valence-corrected chi connectivity index (χ4v) is 3.54. The van der Waals surface area contributed by atoms with Crippen LogP contribution in [-0.2, 0) is 10.3 Å². The maximum Gasteiger partial charge on any atom is 0.325 e. The average Bonchev–Trinajstić information content (AvgIpc) is 3.19. The third kappa shape index (κ3) is 2.91. The van der Waals surface area contributed by atoms with E-state index in [0.29, 0.717) is 16.2 Å². The van der Waals surface area contributed by atoms with Gasteiger partial charge in [-0.15, -0.1) is 11.3 Å². The predicted molar refractivity (Wildman–Crippen MR) is 94.0 cm³/mol. The minimum Gasteiger partial charge on any atom is -0.496 e. The van der Waals surface area contributed by atoms with Gasteiger partial charge in [-0.05, 0) is 48.6 Å². The Labute approximate surface area is 149 Å². The average molecular weight is 358 g/mol. The Kier molecular flexibility index (Phi) is 4.34. The molecule has 6 nitrogen and oxygen atoms in total. The summed E-state index contributed by atoms with van der Waals surface area (Å²) in [5.41, 5.74) is 0.302. The molecule has 3 amide bonds. The normalized spacial score (nSPS) is 19.9. The second kappa shape index (κ2) is 6.33. The molecule has 1 N–H and O–H groups in total. The Balaban J connectivity index is 1.87. The zero-order valence-corrected chi connectivity index (χ0v) is 15.0. The first kappa shape index (κ1) is 17.2. The SMILES string of the molecule is COc1ccc(C2(C)NC(=O)N(CC(=O)c3cccs3)C2=O)cc1C. The van der Waals surface area contributed by atoms with Crippen molar-refractivity contribution in [3.05, 3.63) is 51.7 Å². The van der Waals surface area contributed by atoms with Crippen LogP contribution in [0.5, 0.6) is 5.75 Å². The van der Waals surface area contributed by atoms with Crippen molar-refractivity contribution in [3.63, 3.8) is 0 Å². The lowest BCUT2D eigenvalue weighted by Gasteiger charge is -2.23. The van der Waals surface area contributed by atoms with E-state index in [9.17, 15) is 14.4 Å². The number of imide groups is 1. The molecule has 1 fully saturated rings. The Morgan fingerprint density at radius 3 is 2.68 bits per heavy atom. The number of hydrogen-bond donors (Lipinski definition) is 1. The molecule has 2 heterocycles. The first-order valence-corrected chi connectivity index (χ1v) is 8.60. The third-order valence-electron chi connectivity index (χ3n) is 4.34. The molecule has 1 aromatic heterocycles. The van der Waals surface area contributed by atoms with Crippen molar-refractivity contribution in [2.24, 2.45) is 0 Å². The van der Waals surface area contributed by atoms with Gasteiger partial charge < -0.3 is 10.1 Å². The lowest BCUT2D eigenvalue weighted by molar-refractivity contribution is -0.130. The standard InChI is InChI=1S/C18H18N2O4S/c1-11-9-12(6-7-14(11)24-3)18(2)16(22)20(17(23)19-18)10-13(21)15-5-4-8-25-15/h4-9H,10H2,1-3H3,(H,19,23). The molecule has 0 bridgehead atoms. The van der Waals surface area contributed by atoms with Crippen LogP contribution < -0.4 is 10.1 Å². The highest BCUT2D eigenvalue weighted by Crippen LogP contribution is 2.32. The molecule has 2 aromatic rings. The smallest absolute Gasteiger partial charge is 0.325 e. The number of ether oxygens (including phenoxy) is 1. The van der Waals surface area contributed by atoms with Gasteiger partial charge in [-0.25, -0.2) is 4.79 Å². The number of nitrogens with one attached hydrogen (secondary N) is 1. The maximum atomic E-state index is 12.9. The number of amides is 3. The molecule has 3 rings (SSSR count). The lowest BCUT2D eigenvalue weighted by atomic mass is 9.90. The highest BCUT2D eigenvalue weighted by Gasteiger charge is 2.49. The van der Waals surface area contributed by atoms with Crippen molar-refractivity contribution >= 4 is 29.1 Å². The number of Topliss-reactive ketones (excluding diaryl/α,β-unsaturated/α-hetero) is 1. The molecule has 130 valence electrons. The van der Waals surface area contributed by atoms with E-state index in [1.807, 2.05) is 13.0 Å². The number of carbonyl (C=O) groups excluding carboxylic acids is 3. The number of ketones is 1. The molecule has 1 unspecified atom stereocenters. The van der Waals surface area contributed by atoms with E-state index in [2.05, 4.69) is 5.32 Å². The Morgan fingerprint density at radius 1 is 1.32 bits per heavy atom. The number of aryl methyl sites for hydroxylation is 1. The number of benzene rings is 1. The second-order valence-corrected chi connectivity index (χ2v) is 6.98. The fraction of sp³-hybridized carbons (Fsp3) is 0.278. The van der Waals surface area contributed by atoms with Gasteiger partial charge in [0.2, 0.25) is 0 Å². The van der Waals surface area contributed by atoms with Crippen LogP contribution in [0.2, 0.25) is 0 Å². The van der Waals surface area contributed by atoms with Gasteiger partial charge in [0.05, 0.1) is 18.5 Å². The van der Waals surface area contributed by atoms with E-state index in [4.69, 9.17) is 4.74 Å². The summed E-state index contributed by atoms with van der Waals surface area (Å²) in [4.78, 5) is 38.9. The molecule has 25 heavy (non-hydrogen) atoms. The molecule has 0 radical (unpaired) electrons. The van der Waals surface area contributed by atoms with E-state index >= 15 is 0 Å². The molecule has 1 aromatic carbocycles. The number of hydrogen-bond acceptors (Lipinski definition) is 5. The molecule has 1 aliphatic rings. The summed E-state index contributed by atoms with van der Waals surface area (Å²) in [5, 5.41) is 4.49. The van der Waals surface area contributed by atoms with E-state index in [-0.39, 0.29) is 12.3 Å². The molecule has 1 aliphatic heterocycles. The fourth-order valence-electron chi connectivity index (χ4n) is 2.88. The van der Waals surface area contributed by atoms with Crippen LogP contribution >= 0.6 is 11.3 Å². The van der Waals surface area contributed by atoms with Gasteiger partial charge in [0.1, 0.15) is 11.3 Å². The van der Waals surface area contributed by atoms with Crippen LogP contribution in [-0.4, -0.2) is 36.3 Å². The van der Waals surface area contributed by atoms with Crippen LogP contribution in [0.15, 0.2) is 35.7 Å². The van der Waals surface area contributed by atoms with Gasteiger partial charge in [-0.3, -0.25) is 14.5 Å². The lowest BCUT2D eigenvalue weighted by Crippen LogP contribution is -2.41. The Morgan fingerprint density at radius 2 is 2.08 bits per heavy atom. The van der Waals surface area contributed by atoms with Crippen molar-refractivity contribution in [1.82, 2.24) is 10.2 Å². The summed E-state index contributed by atoms with van der Waals surface area (Å²) in [5.74, 6) is 0.00878. The van der Waals surface area contributed by atoms with Gasteiger partial charge >= 0.3 is 6.03 Å². The Hall–Kier alpha value is -2.67. The monoisotopic (exact) mass is 358 g/mol. The van der Waals surface area contributed by atoms with Gasteiger partial charge in [0.25, 0.3) is 5.91 Å². The van der Waals surface area contributed by atoms with Crippen LogP contribution in [0.3, 0.4) is 0 Å². The molecule has 0 spiro atoms. The van der Waals surface area contributed by atoms with Crippen molar-refractivity contribution in [1.29, 1.82) is 0 Å². The van der Waals surface area contributed by atoms with Crippen molar-refractivity contribution in [3.8, 4) is 5.75 Å². The zero-order valence-electron chi connectivity index (χ0n) is 14.2. The van der Waals surface area contributed by atoms with Crippen LogP contribution in [0.1, 0.15) is 27.7 Å². The maximum absolute atomic E-state index is 12.9. The van der Waals surface area contributed by atoms with Crippen molar-refractivity contribution in [2.45, 2.75) is 19.4 Å². The van der Waals surface area contributed by atoms with Gasteiger partial charge in [0.15, 0.2) is 5.78 Å². The van der Waals surface area contributed by atoms with Crippen molar-refractivity contribution < 1.29 is 19.1 Å². The van der Waals surface area contributed by atoms with E-state index < -0.39 is 17.5 Å². The summed E-state index contributed by atoms with van der Waals surface area (Å²) in [6.45, 7) is 3.24. The highest BCUT2D eigenvalue weighted by molar-refractivity contribution is 7.12. The summed E-state index contributed by atoms with van der Waals surface area (Å²) in [7, 11) is 1.57. The zero-order chi connectivity index (χ0) is 18.2. The number of carbonyl (C=O) groups is 3. The number of rotatable bonds is 5. The van der Waals surface area contributed by atoms with E-state index in [1.54, 1.807) is 43.7 Å². The van der Waals surface area contributed by atoms with Gasteiger partial charge in [-0.2, -0.15) is 0 Å². The van der Waals surface area contributed by atoms with E-state index in [1.165, 1.54) is 11.3 Å². The van der Waals surface area contributed by atoms with Gasteiger partial charge in [-0.1, -0.05) is 12.1 Å². The molecular formula is C18H18N2O4S. The van der Waals surface area contributed by atoms with Crippen LogP contribution in [0.25, 0.3) is 0 Å². The minimum atomic E-state index is -1.20. The summed E-state index contributed by atoms with van der Waals surface area (Å²) < 4.78 is 5.23. The number of thiophene rings is 1. The summed E-state index contributed by atoms with van der Waals surface area (Å²) >= 11 is 1.29.